The second-order valence-corrected chi connectivity index (χ2v) is 19.0. The van der Waals surface area contributed by atoms with Crippen molar-refractivity contribution in [3.8, 4) is 17.3 Å². The normalized spacial score (nSPS) is 24.9. The summed E-state index contributed by atoms with van der Waals surface area (Å²) in [6.07, 6.45) is 1.63. The van der Waals surface area contributed by atoms with Crippen molar-refractivity contribution >= 4 is 48.2 Å². The van der Waals surface area contributed by atoms with Gasteiger partial charge in [-0.1, -0.05) is 61.6 Å². The lowest BCUT2D eigenvalue weighted by Crippen LogP contribution is -2.35. The van der Waals surface area contributed by atoms with Gasteiger partial charge in [-0.15, -0.1) is 0 Å². The molecule has 0 spiro atoms. The van der Waals surface area contributed by atoms with E-state index in [4.69, 9.17) is 40.5 Å². The molecular weight excluding hydrogens is 566 g/mol. The van der Waals surface area contributed by atoms with Crippen LogP contribution in [0.4, 0.5) is 0 Å². The first-order chi connectivity index (χ1) is 19.3. The molecule has 1 N–H and O–H groups in total. The maximum Gasteiger partial charge on any atom is 0.301 e. The molecule has 4 atom stereocenters. The molecule has 0 unspecified atom stereocenters. The van der Waals surface area contributed by atoms with Crippen molar-refractivity contribution in [1.82, 2.24) is 14.5 Å². The van der Waals surface area contributed by atoms with E-state index in [9.17, 15) is 5.11 Å². The molecule has 1 aromatic carbocycles. The topological polar surface area (TPSA) is 87.9 Å². The van der Waals surface area contributed by atoms with Gasteiger partial charge in [0.05, 0.1) is 23.9 Å². The molecule has 40 heavy (non-hydrogen) atoms. The number of thioether (sulfide) groups is 1. The summed E-state index contributed by atoms with van der Waals surface area (Å²) in [7, 11) is -1.25. The molecule has 8 nitrogen and oxygen atoms in total. The summed E-state index contributed by atoms with van der Waals surface area (Å²) in [6, 6.07) is 11.7. The van der Waals surface area contributed by atoms with Crippen LogP contribution in [0.5, 0.6) is 6.01 Å². The predicted molar refractivity (Wildman–Crippen MR) is 162 cm³/mol. The minimum Gasteiger partial charge on any atom is -0.456 e. The third-order valence-corrected chi connectivity index (χ3v) is 10.5. The van der Waals surface area contributed by atoms with Crippen LogP contribution in [-0.4, -0.2) is 83.5 Å². The number of allylic oxidation sites excluding steroid dienone is 1. The molecule has 0 radical (unpaired) electrons. The van der Waals surface area contributed by atoms with E-state index in [0.717, 1.165) is 29.5 Å². The average molecular weight is 602 g/mol. The highest BCUT2D eigenvalue weighted by atomic mass is 35.5. The maximum absolute atomic E-state index is 10.1. The van der Waals surface area contributed by atoms with E-state index < -0.39 is 20.3 Å². The Labute approximate surface area is 245 Å². The number of benzene rings is 1. The summed E-state index contributed by atoms with van der Waals surface area (Å²) in [5.74, 6) is 2.23. The van der Waals surface area contributed by atoms with Crippen LogP contribution in [0.3, 0.4) is 0 Å². The number of aliphatic hydroxyl groups excluding tert-OH is 1. The summed E-state index contributed by atoms with van der Waals surface area (Å²) >= 11 is 8.73. The molecule has 0 aliphatic carbocycles. The van der Waals surface area contributed by atoms with Crippen molar-refractivity contribution in [3.05, 3.63) is 47.0 Å². The Morgan fingerprint density at radius 2 is 1.88 bits per heavy atom. The number of imidazole rings is 1. The largest absolute Gasteiger partial charge is 0.456 e. The van der Waals surface area contributed by atoms with Gasteiger partial charge in [0.15, 0.2) is 11.8 Å². The first kappa shape index (κ1) is 28.2. The third-order valence-electron chi connectivity index (χ3n) is 7.59. The highest BCUT2D eigenvalue weighted by Gasteiger charge is 2.49. The molecule has 3 aromatic rings. The average Bonchev–Trinajstić information content (AvgIpc) is 3.61. The molecule has 214 valence electrons. The van der Waals surface area contributed by atoms with Gasteiger partial charge in [-0.05, 0) is 35.4 Å². The molecule has 0 amide bonds. The highest BCUT2D eigenvalue weighted by Crippen LogP contribution is 2.35. The van der Waals surface area contributed by atoms with Gasteiger partial charge in [0.1, 0.15) is 30.6 Å². The van der Waals surface area contributed by atoms with Gasteiger partial charge >= 0.3 is 6.01 Å². The van der Waals surface area contributed by atoms with Gasteiger partial charge in [0, 0.05) is 26.0 Å². The van der Waals surface area contributed by atoms with Crippen molar-refractivity contribution in [3.63, 3.8) is 0 Å². The Hall–Kier alpha value is -1.92. The van der Waals surface area contributed by atoms with Crippen LogP contribution in [0.15, 0.2) is 36.4 Å². The molecule has 3 aliphatic rings. The van der Waals surface area contributed by atoms with E-state index >= 15 is 0 Å². The molecule has 5 heterocycles. The third kappa shape index (κ3) is 5.99. The van der Waals surface area contributed by atoms with Crippen molar-refractivity contribution in [2.24, 2.45) is 0 Å². The Bertz CT molecular complexity index is 1390. The SMILES string of the molecule is C[Si](C)(C)CCOCn1c(O[C@@H]2CO[C@H]3[C@@H]2OC[C@H]3O)nc2cc(Cl)c(-c3ccc(C4=CCSCC4)cc3)nc21. The number of ether oxygens (including phenoxy) is 4. The Morgan fingerprint density at radius 1 is 1.10 bits per heavy atom. The van der Waals surface area contributed by atoms with Crippen LogP contribution in [0.2, 0.25) is 30.7 Å². The van der Waals surface area contributed by atoms with Crippen LogP contribution in [0.1, 0.15) is 12.0 Å². The first-order valence-corrected chi connectivity index (χ1v) is 19.1. The van der Waals surface area contributed by atoms with E-state index in [1.54, 1.807) is 0 Å². The van der Waals surface area contributed by atoms with Crippen LogP contribution in [0, 0.1) is 0 Å². The molecular formula is C29H36ClN3O5SSi. The summed E-state index contributed by atoms with van der Waals surface area (Å²) in [5, 5.41) is 10.7. The smallest absolute Gasteiger partial charge is 0.301 e. The molecule has 11 heteroatoms. The predicted octanol–water partition coefficient (Wildman–Crippen LogP) is 5.49. The van der Waals surface area contributed by atoms with E-state index in [-0.39, 0.29) is 25.5 Å². The standard InChI is InChI=1S/C29H36ClN3O5SSi/c1-40(2,3)13-10-35-17-33-28-22(31-29(33)38-24-16-37-26-23(34)15-36-27(24)26)14-21(30)25(32-28)20-6-4-18(5-7-20)19-8-11-39-12-9-19/h4-8,14,23-24,26-27,34H,9-13,15-17H2,1-3H3/t23-,24-,26-,27-/m1/s1. The summed E-state index contributed by atoms with van der Waals surface area (Å²) in [5.41, 5.74) is 5.54. The van der Waals surface area contributed by atoms with Crippen molar-refractivity contribution < 1.29 is 24.1 Å². The second kappa shape index (κ2) is 11.8. The van der Waals surface area contributed by atoms with E-state index in [1.165, 1.54) is 11.1 Å². The van der Waals surface area contributed by atoms with Crippen LogP contribution in [0.25, 0.3) is 28.0 Å². The fraction of sp³-hybridized carbons (Fsp3) is 0.517. The van der Waals surface area contributed by atoms with E-state index in [0.29, 0.717) is 41.1 Å². The fourth-order valence-corrected chi connectivity index (χ4v) is 7.12. The minimum absolute atomic E-state index is 0.237. The lowest BCUT2D eigenvalue weighted by atomic mass is 10.0. The number of hydrogen-bond acceptors (Lipinski definition) is 8. The zero-order valence-corrected chi connectivity index (χ0v) is 25.7. The lowest BCUT2D eigenvalue weighted by Gasteiger charge is -2.19. The molecule has 3 aliphatic heterocycles. The molecule has 2 saturated heterocycles. The van der Waals surface area contributed by atoms with Crippen LogP contribution < -0.4 is 4.74 Å². The Kier molecular flexibility index (Phi) is 8.29. The van der Waals surface area contributed by atoms with E-state index in [2.05, 4.69) is 50.0 Å². The number of aromatic nitrogens is 3. The summed E-state index contributed by atoms with van der Waals surface area (Å²) in [4.78, 5) is 9.73. The van der Waals surface area contributed by atoms with Crippen LogP contribution >= 0.6 is 23.4 Å². The maximum atomic E-state index is 10.1. The number of aliphatic hydroxyl groups is 1. The van der Waals surface area contributed by atoms with Gasteiger partial charge in [-0.2, -0.15) is 16.7 Å². The Morgan fingerprint density at radius 3 is 2.62 bits per heavy atom. The second-order valence-electron chi connectivity index (χ2n) is 11.8. The summed E-state index contributed by atoms with van der Waals surface area (Å²) in [6.45, 7) is 8.44. The quantitative estimate of drug-likeness (QED) is 0.254. The zero-order chi connectivity index (χ0) is 27.9. The van der Waals surface area contributed by atoms with Gasteiger partial charge in [0.2, 0.25) is 0 Å². The Balaban J connectivity index is 1.31. The molecule has 0 bridgehead atoms. The minimum atomic E-state index is -1.25. The lowest BCUT2D eigenvalue weighted by molar-refractivity contribution is 0.00336. The molecule has 2 aromatic heterocycles. The number of nitrogens with zero attached hydrogens (tertiary/aromatic N) is 3. The zero-order valence-electron chi connectivity index (χ0n) is 23.1. The number of pyridine rings is 1. The molecule has 2 fully saturated rings. The van der Waals surface area contributed by atoms with Crippen LogP contribution in [-0.2, 0) is 20.9 Å². The number of rotatable bonds is 9. The number of fused-ring (bicyclic) bond motifs is 2. The number of hydrogen-bond donors (Lipinski definition) is 1. The van der Waals surface area contributed by atoms with Gasteiger partial charge in [-0.25, -0.2) is 4.98 Å². The van der Waals surface area contributed by atoms with Crippen molar-refractivity contribution in [2.45, 2.75) is 63.3 Å². The van der Waals surface area contributed by atoms with Gasteiger partial charge in [-0.3, -0.25) is 4.57 Å². The van der Waals surface area contributed by atoms with Gasteiger partial charge in [0.25, 0.3) is 0 Å². The molecule has 6 rings (SSSR count). The fourth-order valence-electron chi connectivity index (χ4n) is 5.26. The number of halogens is 1. The highest BCUT2D eigenvalue weighted by molar-refractivity contribution is 7.99. The molecule has 0 saturated carbocycles. The van der Waals surface area contributed by atoms with Gasteiger partial charge < -0.3 is 24.1 Å². The van der Waals surface area contributed by atoms with E-state index in [1.807, 2.05) is 22.4 Å². The summed E-state index contributed by atoms with van der Waals surface area (Å²) < 4.78 is 25.9. The van der Waals surface area contributed by atoms with Crippen molar-refractivity contribution in [2.75, 3.05) is 31.3 Å². The van der Waals surface area contributed by atoms with Crippen molar-refractivity contribution in [1.29, 1.82) is 0 Å². The first-order valence-electron chi connectivity index (χ1n) is 13.9. The monoisotopic (exact) mass is 601 g/mol.